The third-order valence-corrected chi connectivity index (χ3v) is 9.33. The summed E-state index contributed by atoms with van der Waals surface area (Å²) in [5.74, 6) is 0.849. The van der Waals surface area contributed by atoms with Crippen LogP contribution in [0.4, 0.5) is 0 Å². The molecule has 9 aromatic rings. The molecule has 0 aliphatic rings. The lowest BCUT2D eigenvalue weighted by molar-refractivity contribution is 1.10. The van der Waals surface area contributed by atoms with Crippen molar-refractivity contribution in [3.63, 3.8) is 0 Å². The Hall–Kier alpha value is -6.91. The molecule has 0 aliphatic heterocycles. The molecule has 51 heavy (non-hydrogen) atoms. The summed E-state index contributed by atoms with van der Waals surface area (Å²) in [5.41, 5.74) is 14.2. The maximum atomic E-state index is 5.53. The van der Waals surface area contributed by atoms with E-state index in [4.69, 9.17) is 15.0 Å². The summed E-state index contributed by atoms with van der Waals surface area (Å²) >= 11 is 0. The van der Waals surface area contributed by atoms with Crippen LogP contribution in [0.15, 0.2) is 194 Å². The Morgan fingerprint density at radius 2 is 0.745 bits per heavy atom. The average Bonchev–Trinajstić information content (AvgIpc) is 3.61. The number of fused-ring (bicyclic) bond motifs is 1. The second-order valence-electron chi connectivity index (χ2n) is 12.4. The SMILES string of the molecule is c1ccc(-c2c(-c3ccccc3)c(-c3nc4ccccc4n3-c3ccccc3)c(-c3ccccc3)c(-c3ccccn3)c2-c2ccccn2)cc1. The van der Waals surface area contributed by atoms with Gasteiger partial charge in [-0.15, -0.1) is 0 Å². The normalized spacial score (nSPS) is 11.1. The Balaban J connectivity index is 1.61. The molecule has 0 unspecified atom stereocenters. The van der Waals surface area contributed by atoms with Crippen LogP contribution in [-0.2, 0) is 0 Å². The van der Waals surface area contributed by atoms with E-state index in [1.54, 1.807) is 0 Å². The average molecular weight is 653 g/mol. The Morgan fingerprint density at radius 1 is 0.333 bits per heavy atom. The minimum absolute atomic E-state index is 0.849. The molecule has 0 atom stereocenters. The molecule has 9 rings (SSSR count). The van der Waals surface area contributed by atoms with Gasteiger partial charge in [-0.1, -0.05) is 133 Å². The molecule has 0 saturated carbocycles. The van der Waals surface area contributed by atoms with Crippen molar-refractivity contribution in [2.24, 2.45) is 0 Å². The highest BCUT2D eigenvalue weighted by molar-refractivity contribution is 6.14. The number of imidazole rings is 1. The molecule has 0 aliphatic carbocycles. The predicted octanol–water partition coefficient (Wildman–Crippen LogP) is 11.8. The van der Waals surface area contributed by atoms with Gasteiger partial charge in [-0.3, -0.25) is 14.5 Å². The fourth-order valence-corrected chi connectivity index (χ4v) is 7.22. The van der Waals surface area contributed by atoms with Gasteiger partial charge in [0, 0.05) is 51.5 Å². The summed E-state index contributed by atoms with van der Waals surface area (Å²) in [6.45, 7) is 0. The molecular formula is C47H32N4. The van der Waals surface area contributed by atoms with Crippen LogP contribution in [-0.4, -0.2) is 19.5 Å². The van der Waals surface area contributed by atoms with Crippen LogP contribution < -0.4 is 0 Å². The van der Waals surface area contributed by atoms with Gasteiger partial charge in [0.2, 0.25) is 0 Å². The molecule has 0 saturated heterocycles. The molecular weight excluding hydrogens is 621 g/mol. The van der Waals surface area contributed by atoms with E-state index >= 15 is 0 Å². The van der Waals surface area contributed by atoms with Crippen molar-refractivity contribution in [2.75, 3.05) is 0 Å². The van der Waals surface area contributed by atoms with Gasteiger partial charge >= 0.3 is 0 Å². The topological polar surface area (TPSA) is 43.6 Å². The van der Waals surface area contributed by atoms with Crippen molar-refractivity contribution in [2.45, 2.75) is 0 Å². The van der Waals surface area contributed by atoms with Crippen LogP contribution in [0.5, 0.6) is 0 Å². The highest BCUT2D eigenvalue weighted by Gasteiger charge is 2.32. The fourth-order valence-electron chi connectivity index (χ4n) is 7.22. The Kier molecular flexibility index (Phi) is 7.80. The molecule has 0 N–H and O–H groups in total. The molecule has 0 spiro atoms. The van der Waals surface area contributed by atoms with Crippen LogP contribution in [0.25, 0.3) is 84.0 Å². The number of rotatable bonds is 7. The van der Waals surface area contributed by atoms with Gasteiger partial charge in [0.05, 0.1) is 22.4 Å². The van der Waals surface area contributed by atoms with Crippen LogP contribution in [0.2, 0.25) is 0 Å². The Morgan fingerprint density at radius 3 is 1.24 bits per heavy atom. The molecule has 0 amide bonds. The maximum Gasteiger partial charge on any atom is 0.147 e. The number of aromatic nitrogens is 4. The second kappa shape index (κ2) is 13.2. The molecule has 3 aromatic heterocycles. The minimum atomic E-state index is 0.849. The van der Waals surface area contributed by atoms with E-state index in [-0.39, 0.29) is 0 Å². The second-order valence-corrected chi connectivity index (χ2v) is 12.4. The van der Waals surface area contributed by atoms with E-state index in [0.717, 1.165) is 84.0 Å². The van der Waals surface area contributed by atoms with Crippen molar-refractivity contribution in [1.29, 1.82) is 0 Å². The van der Waals surface area contributed by atoms with Gasteiger partial charge in [-0.25, -0.2) is 4.98 Å². The van der Waals surface area contributed by atoms with Gasteiger partial charge in [0.25, 0.3) is 0 Å². The van der Waals surface area contributed by atoms with Gasteiger partial charge in [0.1, 0.15) is 5.82 Å². The Labute approximate surface area is 297 Å². The molecule has 6 aromatic carbocycles. The van der Waals surface area contributed by atoms with Crippen molar-refractivity contribution in [3.05, 3.63) is 194 Å². The smallest absolute Gasteiger partial charge is 0.147 e. The molecule has 0 bridgehead atoms. The first-order valence-corrected chi connectivity index (χ1v) is 17.1. The standard InChI is InChI=1S/C47H32N4/c1-5-19-33(20-6-1)41-42(34-21-7-2-8-22-34)46(47-50-37-27-13-14-30-40(37)51(47)36-25-11-4-12-26-36)43(35-23-9-3-10-24-35)45(39-29-16-18-32-49-39)44(41)38-28-15-17-31-48-38/h1-32H. The minimum Gasteiger partial charge on any atom is -0.292 e. The molecule has 0 radical (unpaired) electrons. The highest BCUT2D eigenvalue weighted by Crippen LogP contribution is 2.55. The summed E-state index contributed by atoms with van der Waals surface area (Å²) in [5, 5.41) is 0. The largest absolute Gasteiger partial charge is 0.292 e. The molecule has 0 fully saturated rings. The first kappa shape index (κ1) is 30.2. The van der Waals surface area contributed by atoms with Crippen LogP contribution >= 0.6 is 0 Å². The van der Waals surface area contributed by atoms with E-state index in [9.17, 15) is 0 Å². The van der Waals surface area contributed by atoms with E-state index in [0.29, 0.717) is 0 Å². The highest BCUT2D eigenvalue weighted by atomic mass is 15.1. The van der Waals surface area contributed by atoms with Crippen molar-refractivity contribution in [3.8, 4) is 73.0 Å². The summed E-state index contributed by atoms with van der Waals surface area (Å²) in [6.07, 6.45) is 3.75. The lowest BCUT2D eigenvalue weighted by Gasteiger charge is -2.27. The first-order chi connectivity index (χ1) is 25.4. The monoisotopic (exact) mass is 652 g/mol. The van der Waals surface area contributed by atoms with E-state index in [1.165, 1.54) is 0 Å². The zero-order chi connectivity index (χ0) is 34.0. The van der Waals surface area contributed by atoms with E-state index in [1.807, 2.05) is 24.5 Å². The van der Waals surface area contributed by atoms with Gasteiger partial charge in [-0.05, 0) is 65.2 Å². The molecule has 4 heteroatoms. The number of pyridine rings is 2. The third-order valence-electron chi connectivity index (χ3n) is 9.33. The lowest BCUT2D eigenvalue weighted by Crippen LogP contribution is -2.06. The summed E-state index contributed by atoms with van der Waals surface area (Å²) in [6, 6.07) is 63.3. The van der Waals surface area contributed by atoms with Crippen LogP contribution in [0, 0.1) is 0 Å². The Bertz CT molecular complexity index is 2480. The number of hydrogen-bond donors (Lipinski definition) is 0. The van der Waals surface area contributed by atoms with Crippen molar-refractivity contribution >= 4 is 11.0 Å². The van der Waals surface area contributed by atoms with Crippen LogP contribution in [0.1, 0.15) is 0 Å². The summed E-state index contributed by atoms with van der Waals surface area (Å²) < 4.78 is 2.31. The fraction of sp³-hybridized carbons (Fsp3) is 0. The molecule has 4 nitrogen and oxygen atoms in total. The summed E-state index contributed by atoms with van der Waals surface area (Å²) in [7, 11) is 0. The number of hydrogen-bond acceptors (Lipinski definition) is 3. The number of nitrogens with zero attached hydrogens (tertiary/aromatic N) is 4. The lowest BCUT2D eigenvalue weighted by atomic mass is 9.77. The van der Waals surface area contributed by atoms with Gasteiger partial charge in [-0.2, -0.15) is 0 Å². The van der Waals surface area contributed by atoms with Gasteiger partial charge < -0.3 is 0 Å². The number of para-hydroxylation sites is 3. The molecule has 240 valence electrons. The van der Waals surface area contributed by atoms with E-state index in [2.05, 4.69) is 174 Å². The quantitative estimate of drug-likeness (QED) is 0.172. The summed E-state index contributed by atoms with van der Waals surface area (Å²) in [4.78, 5) is 15.6. The zero-order valence-corrected chi connectivity index (χ0v) is 27.8. The van der Waals surface area contributed by atoms with Crippen molar-refractivity contribution in [1.82, 2.24) is 19.5 Å². The van der Waals surface area contributed by atoms with Crippen molar-refractivity contribution < 1.29 is 0 Å². The maximum absolute atomic E-state index is 5.53. The van der Waals surface area contributed by atoms with Crippen LogP contribution in [0.3, 0.4) is 0 Å². The third kappa shape index (κ3) is 5.40. The molecule has 3 heterocycles. The zero-order valence-electron chi connectivity index (χ0n) is 27.8. The number of benzene rings is 6. The van der Waals surface area contributed by atoms with E-state index < -0.39 is 0 Å². The predicted molar refractivity (Wildman–Crippen MR) is 209 cm³/mol. The van der Waals surface area contributed by atoms with Gasteiger partial charge in [0.15, 0.2) is 0 Å². The first-order valence-electron chi connectivity index (χ1n) is 17.1.